The van der Waals surface area contributed by atoms with E-state index < -0.39 is 5.97 Å². The molecule has 0 aromatic rings. The Bertz CT molecular complexity index is 452. The fourth-order valence-electron chi connectivity index (χ4n) is 2.09. The molecule has 2 aliphatic rings. The normalized spacial score (nSPS) is 26.9. The van der Waals surface area contributed by atoms with Crippen molar-refractivity contribution in [3.8, 4) is 0 Å². The Labute approximate surface area is 120 Å². The average molecular weight is 301 g/mol. The number of rotatable bonds is 3. The predicted molar refractivity (Wildman–Crippen MR) is 76.7 cm³/mol. The smallest absolute Gasteiger partial charge is 0.305 e. The molecule has 2 heterocycles. The molecule has 1 unspecified atom stereocenters. The van der Waals surface area contributed by atoms with Crippen LogP contribution in [0.15, 0.2) is 11.1 Å². The minimum absolute atomic E-state index is 0.0375. The minimum Gasteiger partial charge on any atom is -0.481 e. The number of hydrogen-bond acceptors (Lipinski definition) is 6. The number of thioether (sulfide) groups is 1. The maximum Gasteiger partial charge on any atom is 0.305 e. The molecule has 0 bridgehead atoms. The van der Waals surface area contributed by atoms with Crippen molar-refractivity contribution in [3.05, 3.63) is 11.1 Å². The van der Waals surface area contributed by atoms with Gasteiger partial charge in [0.1, 0.15) is 4.32 Å². The van der Waals surface area contributed by atoms with Gasteiger partial charge in [-0.2, -0.15) is 0 Å². The molecule has 2 rings (SSSR count). The van der Waals surface area contributed by atoms with Crippen LogP contribution in [0.3, 0.4) is 0 Å². The van der Waals surface area contributed by atoms with Crippen LogP contribution in [0.4, 0.5) is 0 Å². The predicted octanol–water partition coefficient (Wildman–Crippen LogP) is 0.0664. The lowest BCUT2D eigenvalue weighted by atomic mass is 10.1. The van der Waals surface area contributed by atoms with Gasteiger partial charge in [0.25, 0.3) is 5.91 Å². The Hall–Kier alpha value is -1.12. The van der Waals surface area contributed by atoms with E-state index in [0.717, 1.165) is 13.1 Å². The number of carbonyl (C=O) groups excluding carboxylic acids is 1. The van der Waals surface area contributed by atoms with Crippen molar-refractivity contribution in [1.82, 2.24) is 15.1 Å². The van der Waals surface area contributed by atoms with Crippen LogP contribution in [0.25, 0.3) is 0 Å². The Morgan fingerprint density at radius 2 is 2.37 bits per heavy atom. The number of aliphatic carboxylic acids is 1. The van der Waals surface area contributed by atoms with Gasteiger partial charge in [-0.05, 0) is 7.05 Å². The molecule has 0 aromatic heterocycles. The van der Waals surface area contributed by atoms with Gasteiger partial charge in [-0.1, -0.05) is 24.0 Å². The second kappa shape index (κ2) is 5.89. The number of thiocarbonyl (C=S) groups is 1. The summed E-state index contributed by atoms with van der Waals surface area (Å²) in [5.41, 5.74) is 0. The molecule has 2 aliphatic heterocycles. The number of piperazine rings is 1. The highest BCUT2D eigenvalue weighted by Crippen LogP contribution is 2.24. The number of likely N-dealkylation sites (N-methyl/N-ethyl adjacent to an activating group) is 1. The summed E-state index contributed by atoms with van der Waals surface area (Å²) in [7, 11) is 1.92. The highest BCUT2D eigenvalue weighted by atomic mass is 32.2. The number of carbonyl (C=O) groups is 2. The summed E-state index contributed by atoms with van der Waals surface area (Å²) < 4.78 is 0.465. The van der Waals surface area contributed by atoms with Crippen molar-refractivity contribution < 1.29 is 14.7 Å². The molecule has 0 saturated carbocycles. The molecule has 1 atom stereocenters. The largest absolute Gasteiger partial charge is 0.481 e. The summed E-state index contributed by atoms with van der Waals surface area (Å²) in [5, 5.41) is 11.4. The molecule has 2 fully saturated rings. The van der Waals surface area contributed by atoms with E-state index in [1.165, 1.54) is 11.8 Å². The zero-order valence-corrected chi connectivity index (χ0v) is 12.1. The highest BCUT2D eigenvalue weighted by Gasteiger charge is 2.28. The van der Waals surface area contributed by atoms with E-state index >= 15 is 0 Å². The summed E-state index contributed by atoms with van der Waals surface area (Å²) in [6.07, 6.45) is 1.88. The topological polar surface area (TPSA) is 72.9 Å². The third kappa shape index (κ3) is 3.68. The van der Waals surface area contributed by atoms with Crippen LogP contribution in [0, 0.1) is 0 Å². The van der Waals surface area contributed by atoms with Crippen LogP contribution in [0.2, 0.25) is 0 Å². The van der Waals surface area contributed by atoms with Gasteiger partial charge in [0.2, 0.25) is 0 Å². The first-order valence-electron chi connectivity index (χ1n) is 5.87. The van der Waals surface area contributed by atoms with E-state index in [2.05, 4.69) is 5.32 Å². The van der Waals surface area contributed by atoms with Crippen molar-refractivity contribution in [2.75, 3.05) is 26.7 Å². The molecule has 19 heavy (non-hydrogen) atoms. The molecule has 1 amide bonds. The number of amides is 1. The van der Waals surface area contributed by atoms with Crippen LogP contribution in [-0.2, 0) is 9.59 Å². The van der Waals surface area contributed by atoms with Gasteiger partial charge in [-0.15, -0.1) is 0 Å². The van der Waals surface area contributed by atoms with Gasteiger partial charge in [-0.25, -0.2) is 0 Å². The molecule has 104 valence electrons. The van der Waals surface area contributed by atoms with Gasteiger partial charge in [0, 0.05) is 31.9 Å². The Morgan fingerprint density at radius 3 is 2.95 bits per heavy atom. The van der Waals surface area contributed by atoms with E-state index in [-0.39, 0.29) is 18.4 Å². The Balaban J connectivity index is 2.02. The molecule has 0 spiro atoms. The third-order valence-electron chi connectivity index (χ3n) is 3.16. The van der Waals surface area contributed by atoms with Crippen LogP contribution >= 0.6 is 24.0 Å². The van der Waals surface area contributed by atoms with E-state index in [0.29, 0.717) is 15.8 Å². The van der Waals surface area contributed by atoms with Gasteiger partial charge in [0.15, 0.2) is 0 Å². The van der Waals surface area contributed by atoms with Crippen molar-refractivity contribution in [3.63, 3.8) is 0 Å². The third-order valence-corrected chi connectivity index (χ3v) is 4.31. The lowest BCUT2D eigenvalue weighted by Crippen LogP contribution is -2.50. The SMILES string of the molecule is CN1CCN(C=C2SC(=S)NC2=O)CC1CC(=O)O. The Morgan fingerprint density at radius 1 is 1.63 bits per heavy atom. The number of hydrogen-bond donors (Lipinski definition) is 2. The summed E-state index contributed by atoms with van der Waals surface area (Å²) in [5.74, 6) is -0.982. The van der Waals surface area contributed by atoms with Gasteiger partial charge in [-0.3, -0.25) is 14.5 Å². The summed E-state index contributed by atoms with van der Waals surface area (Å²) in [6.45, 7) is 2.15. The van der Waals surface area contributed by atoms with Crippen LogP contribution < -0.4 is 5.32 Å². The monoisotopic (exact) mass is 301 g/mol. The molecule has 2 N–H and O–H groups in total. The lowest BCUT2D eigenvalue weighted by molar-refractivity contribution is -0.138. The quantitative estimate of drug-likeness (QED) is 0.564. The maximum absolute atomic E-state index is 11.6. The second-order valence-corrected chi connectivity index (χ2v) is 6.28. The highest BCUT2D eigenvalue weighted by molar-refractivity contribution is 8.26. The van der Waals surface area contributed by atoms with Crippen LogP contribution in [0.5, 0.6) is 0 Å². The van der Waals surface area contributed by atoms with Crippen molar-refractivity contribution in [2.24, 2.45) is 0 Å². The Kier molecular flexibility index (Phi) is 4.43. The molecule has 8 heteroatoms. The lowest BCUT2D eigenvalue weighted by Gasteiger charge is -2.38. The first-order valence-corrected chi connectivity index (χ1v) is 7.09. The fourth-order valence-corrected chi connectivity index (χ4v) is 3.14. The van der Waals surface area contributed by atoms with Gasteiger partial charge < -0.3 is 15.3 Å². The molecular formula is C11H15N3O3S2. The van der Waals surface area contributed by atoms with Crippen molar-refractivity contribution in [2.45, 2.75) is 12.5 Å². The van der Waals surface area contributed by atoms with E-state index in [4.69, 9.17) is 17.3 Å². The number of carboxylic acids is 1. The molecule has 0 radical (unpaired) electrons. The summed E-state index contributed by atoms with van der Waals surface area (Å²) in [4.78, 5) is 27.0. The van der Waals surface area contributed by atoms with E-state index in [1.807, 2.05) is 16.8 Å². The van der Waals surface area contributed by atoms with E-state index in [1.54, 1.807) is 6.20 Å². The van der Waals surface area contributed by atoms with Gasteiger partial charge in [0.05, 0.1) is 11.3 Å². The van der Waals surface area contributed by atoms with Crippen LogP contribution in [0.1, 0.15) is 6.42 Å². The molecule has 6 nitrogen and oxygen atoms in total. The maximum atomic E-state index is 11.6. The second-order valence-electron chi connectivity index (χ2n) is 4.56. The van der Waals surface area contributed by atoms with E-state index in [9.17, 15) is 9.59 Å². The summed E-state index contributed by atoms with van der Waals surface area (Å²) in [6, 6.07) is -0.0375. The summed E-state index contributed by atoms with van der Waals surface area (Å²) >= 11 is 6.17. The average Bonchev–Trinajstić information content (AvgIpc) is 2.61. The first kappa shape index (κ1) is 14.3. The molecule has 0 aliphatic carbocycles. The number of nitrogens with one attached hydrogen (secondary N) is 1. The molecule has 2 saturated heterocycles. The fraction of sp³-hybridized carbons (Fsp3) is 0.545. The van der Waals surface area contributed by atoms with Crippen LogP contribution in [-0.4, -0.2) is 63.8 Å². The number of nitrogens with zero attached hydrogens (tertiary/aromatic N) is 2. The number of carboxylic acid groups (broad SMARTS) is 1. The molecule has 0 aromatic carbocycles. The standard InChI is InChI=1S/C11H15N3O3S2/c1-13-2-3-14(5-7(13)4-9(15)16)6-8-10(17)12-11(18)19-8/h6-7H,2-5H2,1H3,(H,15,16)(H,12,17,18). The van der Waals surface area contributed by atoms with Gasteiger partial charge >= 0.3 is 5.97 Å². The van der Waals surface area contributed by atoms with Crippen molar-refractivity contribution in [1.29, 1.82) is 0 Å². The first-order chi connectivity index (χ1) is 8.95. The minimum atomic E-state index is -0.805. The zero-order valence-electron chi connectivity index (χ0n) is 10.5. The van der Waals surface area contributed by atoms with Crippen molar-refractivity contribution >= 4 is 40.2 Å². The molecular weight excluding hydrogens is 286 g/mol. The zero-order chi connectivity index (χ0) is 14.0.